The molecule has 4 N–H and O–H groups in total. The largest absolute Gasteiger partial charge is 0.449 e. The SMILES string of the molecule is O=C1NCCN(CC(F)(F)C2CCC(O)CC2)c2c1oc1ccc(C(F)(F)F)cc21.O=C1NCCN(CC(F)(F)C2CCC(O)CC2)c2c1oc1ccc(C(F)(F)F)cc21. The van der Waals surface area contributed by atoms with Crippen molar-refractivity contribution in [1.82, 2.24) is 10.6 Å². The second-order valence-corrected chi connectivity index (χ2v) is 15.9. The smallest absolute Gasteiger partial charge is 0.416 e. The molecule has 4 aromatic rings. The molecule has 0 unspecified atom stereocenters. The van der Waals surface area contributed by atoms with Crippen molar-refractivity contribution in [3.8, 4) is 0 Å². The molecule has 328 valence electrons. The number of benzene rings is 2. The molecule has 2 aliphatic carbocycles. The van der Waals surface area contributed by atoms with Crippen LogP contribution in [0.1, 0.15) is 83.6 Å². The summed E-state index contributed by atoms with van der Waals surface area (Å²) in [6, 6.07) is 5.51. The quantitative estimate of drug-likeness (QED) is 0.142. The van der Waals surface area contributed by atoms with E-state index >= 15 is 17.6 Å². The fourth-order valence-electron chi connectivity index (χ4n) is 8.53. The van der Waals surface area contributed by atoms with Crippen molar-refractivity contribution in [3.63, 3.8) is 0 Å². The lowest BCUT2D eigenvalue weighted by molar-refractivity contribution is -0.138. The summed E-state index contributed by atoms with van der Waals surface area (Å²) < 4.78 is 150. The van der Waals surface area contributed by atoms with Gasteiger partial charge in [0.25, 0.3) is 23.7 Å². The minimum atomic E-state index is -4.62. The number of halogens is 10. The third-order valence-electron chi connectivity index (χ3n) is 11.7. The maximum absolute atomic E-state index is 15.1. The number of rotatable bonds is 6. The lowest BCUT2D eigenvalue weighted by atomic mass is 9.83. The van der Waals surface area contributed by atoms with Crippen LogP contribution in [0.2, 0.25) is 0 Å². The van der Waals surface area contributed by atoms with E-state index in [1.165, 1.54) is 9.80 Å². The summed E-state index contributed by atoms with van der Waals surface area (Å²) in [5.41, 5.74) is -1.92. The molecular formula is C40H42F10N4O6. The van der Waals surface area contributed by atoms with E-state index in [9.17, 15) is 46.1 Å². The zero-order valence-corrected chi connectivity index (χ0v) is 31.9. The van der Waals surface area contributed by atoms with Crippen LogP contribution in [0.5, 0.6) is 0 Å². The van der Waals surface area contributed by atoms with Gasteiger partial charge in [-0.2, -0.15) is 26.3 Å². The third-order valence-corrected chi connectivity index (χ3v) is 11.7. The Morgan fingerprint density at radius 3 is 1.25 bits per heavy atom. The summed E-state index contributed by atoms with van der Waals surface area (Å²) in [5.74, 6) is -10.0. The summed E-state index contributed by atoms with van der Waals surface area (Å²) in [6.07, 6.45) is -8.61. The van der Waals surface area contributed by atoms with Gasteiger partial charge in [0.05, 0.1) is 47.8 Å². The number of carbonyl (C=O) groups excluding carboxylic acids is 2. The van der Waals surface area contributed by atoms with Crippen molar-refractivity contribution >= 4 is 45.1 Å². The zero-order chi connectivity index (χ0) is 43.4. The van der Waals surface area contributed by atoms with Crippen LogP contribution in [0.25, 0.3) is 21.9 Å². The number of hydrogen-bond acceptors (Lipinski definition) is 8. The van der Waals surface area contributed by atoms with E-state index < -0.39 is 84.3 Å². The second-order valence-electron chi connectivity index (χ2n) is 15.9. The molecule has 0 bridgehead atoms. The lowest BCUT2D eigenvalue weighted by Crippen LogP contribution is -2.45. The Morgan fingerprint density at radius 1 is 0.567 bits per heavy atom. The number of nitrogens with one attached hydrogen (secondary N) is 2. The van der Waals surface area contributed by atoms with E-state index in [0.29, 0.717) is 0 Å². The third kappa shape index (κ3) is 8.99. The van der Waals surface area contributed by atoms with Crippen molar-refractivity contribution in [2.45, 2.75) is 87.8 Å². The lowest BCUT2D eigenvalue weighted by Gasteiger charge is -2.35. The Morgan fingerprint density at radius 2 is 0.917 bits per heavy atom. The van der Waals surface area contributed by atoms with Gasteiger partial charge >= 0.3 is 12.4 Å². The molecule has 2 amide bonds. The number of nitrogens with zero attached hydrogens (tertiary/aromatic N) is 2. The number of hydrogen-bond donors (Lipinski definition) is 4. The van der Waals surface area contributed by atoms with E-state index in [0.717, 1.165) is 36.4 Å². The molecule has 2 saturated carbocycles. The highest BCUT2D eigenvalue weighted by molar-refractivity contribution is 6.08. The van der Waals surface area contributed by atoms with Gasteiger partial charge in [0.2, 0.25) is 11.5 Å². The number of alkyl halides is 10. The van der Waals surface area contributed by atoms with Crippen LogP contribution in [0.3, 0.4) is 0 Å². The molecule has 2 aliphatic heterocycles. The van der Waals surface area contributed by atoms with E-state index in [1.807, 2.05) is 0 Å². The standard InChI is InChI=1S/2C20H21F5N2O3/c2*21-19(22,11-1-4-13(28)5-2-11)10-27-8-7-26-18(29)17-16(27)14-9-12(20(23,24)25)3-6-15(14)30-17/h2*3,6,9,11,13,28H,1-2,4-5,7-8,10H2,(H,26,29). The summed E-state index contributed by atoms with van der Waals surface area (Å²) in [4.78, 5) is 27.2. The Kier molecular flexibility index (Phi) is 11.8. The van der Waals surface area contributed by atoms with Crippen molar-refractivity contribution in [2.75, 3.05) is 49.1 Å². The fourth-order valence-corrected chi connectivity index (χ4v) is 8.53. The number of fused-ring (bicyclic) bond motifs is 6. The van der Waals surface area contributed by atoms with Crippen LogP contribution >= 0.6 is 0 Å². The van der Waals surface area contributed by atoms with Gasteiger partial charge in [-0.3, -0.25) is 9.59 Å². The highest BCUT2D eigenvalue weighted by Gasteiger charge is 2.46. The van der Waals surface area contributed by atoms with E-state index in [2.05, 4.69) is 10.6 Å². The molecule has 60 heavy (non-hydrogen) atoms. The summed E-state index contributed by atoms with van der Waals surface area (Å²) in [7, 11) is 0. The van der Waals surface area contributed by atoms with Crippen molar-refractivity contribution < 1.29 is 72.5 Å². The molecule has 2 aromatic carbocycles. The van der Waals surface area contributed by atoms with E-state index in [4.69, 9.17) is 8.83 Å². The first kappa shape index (κ1) is 43.4. The van der Waals surface area contributed by atoms with Gasteiger partial charge in [0.1, 0.15) is 11.2 Å². The fraction of sp³-hybridized carbons (Fsp3) is 0.550. The number of carbonyl (C=O) groups is 2. The number of furan rings is 2. The normalized spacial score (nSPS) is 23.3. The molecule has 0 spiro atoms. The molecular weight excluding hydrogens is 822 g/mol. The van der Waals surface area contributed by atoms with Gasteiger partial charge in [0.15, 0.2) is 0 Å². The number of anilines is 2. The Balaban J connectivity index is 0.000000181. The van der Waals surface area contributed by atoms with E-state index in [1.54, 1.807) is 0 Å². The minimum absolute atomic E-state index is 0.00849. The van der Waals surface area contributed by atoms with Gasteiger partial charge in [-0.05, 0) is 87.8 Å². The Labute approximate surface area is 335 Å². The topological polar surface area (TPSA) is 131 Å². The molecule has 8 rings (SSSR count). The van der Waals surface area contributed by atoms with Crippen LogP contribution in [-0.2, 0) is 12.4 Å². The number of amides is 2. The van der Waals surface area contributed by atoms with Crippen LogP contribution in [-0.4, -0.2) is 85.3 Å². The second kappa shape index (κ2) is 16.3. The van der Waals surface area contributed by atoms with Gasteiger partial charge in [-0.1, -0.05) is 0 Å². The summed E-state index contributed by atoms with van der Waals surface area (Å²) >= 11 is 0. The summed E-state index contributed by atoms with van der Waals surface area (Å²) in [5, 5.41) is 24.2. The average molecular weight is 865 g/mol. The first-order valence-corrected chi connectivity index (χ1v) is 19.6. The first-order valence-electron chi connectivity index (χ1n) is 19.6. The monoisotopic (exact) mass is 864 g/mol. The molecule has 0 atom stereocenters. The first-order chi connectivity index (χ1) is 28.1. The van der Waals surface area contributed by atoms with Gasteiger partial charge < -0.3 is 39.5 Å². The Hall–Kier alpha value is -4.72. The van der Waals surface area contributed by atoms with Crippen LogP contribution in [0.4, 0.5) is 55.3 Å². The van der Waals surface area contributed by atoms with Crippen molar-refractivity contribution in [1.29, 1.82) is 0 Å². The minimum Gasteiger partial charge on any atom is -0.449 e. The predicted molar refractivity (Wildman–Crippen MR) is 197 cm³/mol. The maximum atomic E-state index is 15.1. The molecule has 20 heteroatoms. The molecule has 2 aromatic heterocycles. The van der Waals surface area contributed by atoms with Gasteiger partial charge in [-0.15, -0.1) is 0 Å². The predicted octanol–water partition coefficient (Wildman–Crippen LogP) is 8.38. The zero-order valence-electron chi connectivity index (χ0n) is 31.9. The van der Waals surface area contributed by atoms with Gasteiger partial charge in [-0.25, -0.2) is 17.6 Å². The molecule has 4 aliphatic rings. The molecule has 2 fully saturated rings. The van der Waals surface area contributed by atoms with Crippen LogP contribution in [0.15, 0.2) is 45.2 Å². The van der Waals surface area contributed by atoms with Crippen molar-refractivity contribution in [3.05, 3.63) is 59.0 Å². The molecule has 10 nitrogen and oxygen atoms in total. The van der Waals surface area contributed by atoms with Crippen molar-refractivity contribution in [2.24, 2.45) is 11.8 Å². The van der Waals surface area contributed by atoms with Crippen LogP contribution < -0.4 is 20.4 Å². The number of aliphatic hydroxyl groups is 2. The highest BCUT2D eigenvalue weighted by Crippen LogP contribution is 2.45. The average Bonchev–Trinajstić information content (AvgIpc) is 3.67. The Bertz CT molecular complexity index is 2050. The van der Waals surface area contributed by atoms with E-state index in [-0.39, 0.29) is 122 Å². The van der Waals surface area contributed by atoms with Crippen LogP contribution in [0, 0.1) is 11.8 Å². The molecule has 0 saturated heterocycles. The van der Waals surface area contributed by atoms with Gasteiger partial charge in [0, 0.05) is 48.8 Å². The molecule has 4 heterocycles. The highest BCUT2D eigenvalue weighted by atomic mass is 19.4. The number of aliphatic hydroxyl groups excluding tert-OH is 2. The maximum Gasteiger partial charge on any atom is 0.416 e. The molecule has 0 radical (unpaired) electrons. The summed E-state index contributed by atoms with van der Waals surface area (Å²) in [6.45, 7) is -1.36.